The highest BCUT2D eigenvalue weighted by Gasteiger charge is 2.11. The Hall–Kier alpha value is -1.36. The van der Waals surface area contributed by atoms with Crippen LogP contribution < -0.4 is 10.6 Å². The Labute approximate surface area is 115 Å². The summed E-state index contributed by atoms with van der Waals surface area (Å²) in [5.74, 6) is 0.102. The Morgan fingerprint density at radius 2 is 2.16 bits per heavy atom. The van der Waals surface area contributed by atoms with Crippen LogP contribution in [-0.2, 0) is 17.9 Å². The lowest BCUT2D eigenvalue weighted by molar-refractivity contribution is -0.121. The van der Waals surface area contributed by atoms with Gasteiger partial charge in [-0.15, -0.1) is 0 Å². The van der Waals surface area contributed by atoms with E-state index in [4.69, 9.17) is 0 Å². The van der Waals surface area contributed by atoms with Crippen LogP contribution in [0.15, 0.2) is 12.5 Å². The van der Waals surface area contributed by atoms with E-state index in [0.29, 0.717) is 13.0 Å². The summed E-state index contributed by atoms with van der Waals surface area (Å²) in [6.45, 7) is 10.6. The molecular formula is C14H26N4O. The number of carbonyl (C=O) groups excluding carboxylic acids is 1. The molecule has 19 heavy (non-hydrogen) atoms. The summed E-state index contributed by atoms with van der Waals surface area (Å²) in [5.41, 5.74) is 1.19. The standard InChI is InChI=1S/C14H26N4O/c1-5-7-16-13(19)6-8-18-11-15-9-12(18)10-17-14(2,3)4/h9,11,17H,5-8,10H2,1-4H3,(H,16,19). The average Bonchev–Trinajstić information content (AvgIpc) is 2.78. The topological polar surface area (TPSA) is 59.0 Å². The third kappa shape index (κ3) is 6.38. The van der Waals surface area contributed by atoms with Gasteiger partial charge in [0.25, 0.3) is 0 Å². The Morgan fingerprint density at radius 3 is 2.79 bits per heavy atom. The zero-order valence-electron chi connectivity index (χ0n) is 12.5. The van der Waals surface area contributed by atoms with E-state index in [1.807, 2.05) is 17.7 Å². The smallest absolute Gasteiger partial charge is 0.221 e. The highest BCUT2D eigenvalue weighted by molar-refractivity contribution is 5.75. The molecule has 0 spiro atoms. The number of aromatic nitrogens is 2. The molecule has 1 heterocycles. The van der Waals surface area contributed by atoms with Crippen LogP contribution in [0.2, 0.25) is 0 Å². The maximum atomic E-state index is 11.6. The second-order valence-corrected chi connectivity index (χ2v) is 5.78. The predicted molar refractivity (Wildman–Crippen MR) is 76.7 cm³/mol. The van der Waals surface area contributed by atoms with E-state index in [0.717, 1.165) is 25.2 Å². The van der Waals surface area contributed by atoms with Crippen molar-refractivity contribution >= 4 is 5.91 Å². The molecule has 0 aliphatic rings. The van der Waals surface area contributed by atoms with Crippen molar-refractivity contribution in [3.8, 4) is 0 Å². The third-order valence-corrected chi connectivity index (χ3v) is 2.75. The molecule has 0 aliphatic carbocycles. The Balaban J connectivity index is 2.42. The molecule has 1 amide bonds. The number of nitrogens with one attached hydrogen (secondary N) is 2. The fourth-order valence-corrected chi connectivity index (χ4v) is 1.63. The van der Waals surface area contributed by atoms with Gasteiger partial charge in [0.15, 0.2) is 0 Å². The van der Waals surface area contributed by atoms with Crippen molar-refractivity contribution in [2.24, 2.45) is 0 Å². The van der Waals surface area contributed by atoms with E-state index in [2.05, 4.69) is 36.4 Å². The molecule has 0 atom stereocenters. The Morgan fingerprint density at radius 1 is 1.42 bits per heavy atom. The predicted octanol–water partition coefficient (Wildman–Crippen LogP) is 1.69. The summed E-state index contributed by atoms with van der Waals surface area (Å²) in [7, 11) is 0. The van der Waals surface area contributed by atoms with Crippen LogP contribution in [0.4, 0.5) is 0 Å². The molecule has 0 radical (unpaired) electrons. The normalized spacial score (nSPS) is 11.6. The van der Waals surface area contributed by atoms with E-state index in [9.17, 15) is 4.79 Å². The van der Waals surface area contributed by atoms with Crippen molar-refractivity contribution in [3.63, 3.8) is 0 Å². The van der Waals surface area contributed by atoms with Gasteiger partial charge in [0, 0.05) is 37.8 Å². The first kappa shape index (κ1) is 15.7. The van der Waals surface area contributed by atoms with Gasteiger partial charge in [-0.2, -0.15) is 0 Å². The van der Waals surface area contributed by atoms with Gasteiger partial charge in [-0.1, -0.05) is 6.92 Å². The van der Waals surface area contributed by atoms with Crippen molar-refractivity contribution in [1.82, 2.24) is 20.2 Å². The van der Waals surface area contributed by atoms with Crippen molar-refractivity contribution in [1.29, 1.82) is 0 Å². The molecule has 0 saturated carbocycles. The molecule has 0 fully saturated rings. The van der Waals surface area contributed by atoms with Gasteiger partial charge in [-0.05, 0) is 27.2 Å². The first-order valence-corrected chi connectivity index (χ1v) is 6.93. The van der Waals surface area contributed by atoms with Gasteiger partial charge < -0.3 is 15.2 Å². The molecule has 1 aromatic rings. The minimum atomic E-state index is 0.0770. The molecule has 108 valence electrons. The molecule has 5 heteroatoms. The number of hydrogen-bond acceptors (Lipinski definition) is 3. The molecule has 0 bridgehead atoms. The van der Waals surface area contributed by atoms with Crippen LogP contribution in [-0.4, -0.2) is 27.5 Å². The van der Waals surface area contributed by atoms with Crippen LogP contribution in [0.25, 0.3) is 0 Å². The average molecular weight is 266 g/mol. The molecule has 5 nitrogen and oxygen atoms in total. The summed E-state index contributed by atoms with van der Waals surface area (Å²) in [4.78, 5) is 15.7. The largest absolute Gasteiger partial charge is 0.356 e. The lowest BCUT2D eigenvalue weighted by Crippen LogP contribution is -2.35. The molecule has 1 aromatic heterocycles. The fraction of sp³-hybridized carbons (Fsp3) is 0.714. The number of carbonyl (C=O) groups is 1. The highest BCUT2D eigenvalue weighted by Crippen LogP contribution is 2.05. The molecule has 0 unspecified atom stereocenters. The first-order valence-electron chi connectivity index (χ1n) is 6.93. The minimum Gasteiger partial charge on any atom is -0.356 e. The van der Waals surface area contributed by atoms with Gasteiger partial charge in [0.1, 0.15) is 0 Å². The lowest BCUT2D eigenvalue weighted by Gasteiger charge is -2.20. The second kappa shape index (κ2) is 7.28. The van der Waals surface area contributed by atoms with E-state index < -0.39 is 0 Å². The van der Waals surface area contributed by atoms with Crippen LogP contribution in [0, 0.1) is 0 Å². The molecule has 1 rings (SSSR count). The zero-order chi connectivity index (χ0) is 14.3. The monoisotopic (exact) mass is 266 g/mol. The van der Waals surface area contributed by atoms with Crippen LogP contribution in [0.1, 0.15) is 46.2 Å². The van der Waals surface area contributed by atoms with Gasteiger partial charge in [0.2, 0.25) is 5.91 Å². The summed E-state index contributed by atoms with van der Waals surface area (Å²) in [5, 5.41) is 6.31. The number of rotatable bonds is 7. The maximum absolute atomic E-state index is 11.6. The molecule has 2 N–H and O–H groups in total. The number of hydrogen-bond donors (Lipinski definition) is 2. The van der Waals surface area contributed by atoms with Gasteiger partial charge >= 0.3 is 0 Å². The van der Waals surface area contributed by atoms with Gasteiger partial charge in [-0.3, -0.25) is 4.79 Å². The van der Waals surface area contributed by atoms with Crippen LogP contribution >= 0.6 is 0 Å². The van der Waals surface area contributed by atoms with Gasteiger partial charge in [0.05, 0.1) is 12.0 Å². The molecular weight excluding hydrogens is 240 g/mol. The van der Waals surface area contributed by atoms with E-state index in [1.165, 1.54) is 0 Å². The highest BCUT2D eigenvalue weighted by atomic mass is 16.1. The first-order chi connectivity index (χ1) is 8.92. The number of nitrogens with zero attached hydrogens (tertiary/aromatic N) is 2. The van der Waals surface area contributed by atoms with Crippen molar-refractivity contribution in [2.45, 2.75) is 59.2 Å². The lowest BCUT2D eigenvalue weighted by atomic mass is 10.1. The van der Waals surface area contributed by atoms with Crippen molar-refractivity contribution in [3.05, 3.63) is 18.2 Å². The summed E-state index contributed by atoms with van der Waals surface area (Å²) < 4.78 is 2.03. The van der Waals surface area contributed by atoms with Crippen LogP contribution in [0.3, 0.4) is 0 Å². The fourth-order valence-electron chi connectivity index (χ4n) is 1.63. The zero-order valence-corrected chi connectivity index (χ0v) is 12.5. The van der Waals surface area contributed by atoms with Crippen molar-refractivity contribution < 1.29 is 4.79 Å². The van der Waals surface area contributed by atoms with E-state index in [1.54, 1.807) is 6.33 Å². The Kier molecular flexibility index (Phi) is 6.02. The second-order valence-electron chi connectivity index (χ2n) is 5.78. The van der Waals surface area contributed by atoms with Crippen molar-refractivity contribution in [2.75, 3.05) is 6.54 Å². The molecule has 0 aromatic carbocycles. The summed E-state index contributed by atoms with van der Waals surface area (Å²) in [6, 6.07) is 0. The minimum absolute atomic E-state index is 0.0770. The number of aryl methyl sites for hydroxylation is 1. The quantitative estimate of drug-likeness (QED) is 0.789. The van der Waals surface area contributed by atoms with E-state index >= 15 is 0 Å². The molecule has 0 saturated heterocycles. The Bertz CT molecular complexity index is 392. The third-order valence-electron chi connectivity index (χ3n) is 2.75. The summed E-state index contributed by atoms with van der Waals surface area (Å²) >= 11 is 0. The number of imidazole rings is 1. The van der Waals surface area contributed by atoms with Gasteiger partial charge in [-0.25, -0.2) is 4.98 Å². The number of amides is 1. The maximum Gasteiger partial charge on any atom is 0.221 e. The SMILES string of the molecule is CCCNC(=O)CCn1cncc1CNC(C)(C)C. The molecule has 0 aliphatic heterocycles. The van der Waals surface area contributed by atoms with E-state index in [-0.39, 0.29) is 11.4 Å². The summed E-state index contributed by atoms with van der Waals surface area (Å²) in [6.07, 6.45) is 5.10. The van der Waals surface area contributed by atoms with Crippen LogP contribution in [0.5, 0.6) is 0 Å².